The third kappa shape index (κ3) is 3.94. The Labute approximate surface area is 110 Å². The highest BCUT2D eigenvalue weighted by atomic mass is 79.9. The maximum Gasteiger partial charge on any atom is 0.178 e. The van der Waals surface area contributed by atoms with Crippen LogP contribution in [0.4, 0.5) is 0 Å². The van der Waals surface area contributed by atoms with E-state index >= 15 is 0 Å². The molecule has 0 aliphatic rings. The second-order valence-corrected chi connectivity index (χ2v) is 4.44. The fourth-order valence-corrected chi connectivity index (χ4v) is 1.82. The Kier molecular flexibility index (Phi) is 5.85. The smallest absolute Gasteiger partial charge is 0.178 e. The molecule has 0 heterocycles. The van der Waals surface area contributed by atoms with E-state index in [0.29, 0.717) is 30.3 Å². The molecule has 1 aromatic rings. The Balaban J connectivity index is 3.00. The van der Waals surface area contributed by atoms with Crippen LogP contribution < -0.4 is 9.47 Å². The van der Waals surface area contributed by atoms with Crippen LogP contribution in [0.5, 0.6) is 11.5 Å². The molecule has 0 saturated carbocycles. The van der Waals surface area contributed by atoms with E-state index in [-0.39, 0.29) is 0 Å². The van der Waals surface area contributed by atoms with E-state index in [4.69, 9.17) is 14.7 Å². The number of benzene rings is 1. The normalized spacial score (nSPS) is 9.76. The lowest BCUT2D eigenvalue weighted by molar-refractivity contribution is 0.272. The zero-order valence-corrected chi connectivity index (χ0v) is 11.7. The van der Waals surface area contributed by atoms with Gasteiger partial charge in [-0.2, -0.15) is 5.26 Å². The van der Waals surface area contributed by atoms with Gasteiger partial charge in [-0.3, -0.25) is 0 Å². The molecule has 17 heavy (non-hydrogen) atoms. The molecule has 4 heteroatoms. The second-order valence-electron chi connectivity index (χ2n) is 3.53. The Morgan fingerprint density at radius 2 is 2.06 bits per heavy atom. The highest BCUT2D eigenvalue weighted by Crippen LogP contribution is 2.34. The minimum atomic E-state index is 0.499. The molecule has 0 bridgehead atoms. The summed E-state index contributed by atoms with van der Waals surface area (Å²) < 4.78 is 11.9. The van der Waals surface area contributed by atoms with Crippen LogP contribution in [0.25, 0.3) is 0 Å². The van der Waals surface area contributed by atoms with Crippen LogP contribution in [0, 0.1) is 11.3 Å². The number of nitrogens with zero attached hydrogens (tertiary/aromatic N) is 1. The molecule has 3 nitrogen and oxygen atoms in total. The summed E-state index contributed by atoms with van der Waals surface area (Å²) in [5, 5.41) is 9.09. The van der Waals surface area contributed by atoms with E-state index in [1.807, 2.05) is 13.0 Å². The molecule has 0 unspecified atom stereocenters. The minimum absolute atomic E-state index is 0.499. The van der Waals surface area contributed by atoms with Gasteiger partial charge in [0.1, 0.15) is 6.07 Å². The van der Waals surface area contributed by atoms with Gasteiger partial charge in [-0.25, -0.2) is 0 Å². The Hall–Kier alpha value is -1.21. The Morgan fingerprint density at radius 3 is 2.65 bits per heavy atom. The zero-order valence-electron chi connectivity index (χ0n) is 10.1. The maximum absolute atomic E-state index is 9.09. The van der Waals surface area contributed by atoms with E-state index in [2.05, 4.69) is 28.9 Å². The SMILES string of the molecule is CCCCOc1c(C#N)cc(Br)cc1OCC. The number of halogens is 1. The summed E-state index contributed by atoms with van der Waals surface area (Å²) in [5.41, 5.74) is 0.499. The third-order valence-electron chi connectivity index (χ3n) is 2.18. The van der Waals surface area contributed by atoms with Crippen LogP contribution in [0.15, 0.2) is 16.6 Å². The predicted octanol–water partition coefficient (Wildman–Crippen LogP) is 3.90. The zero-order chi connectivity index (χ0) is 12.7. The number of nitriles is 1. The monoisotopic (exact) mass is 297 g/mol. The maximum atomic E-state index is 9.09. The average Bonchev–Trinajstić information content (AvgIpc) is 2.31. The summed E-state index contributed by atoms with van der Waals surface area (Å²) in [6.07, 6.45) is 2.02. The first-order valence-corrected chi connectivity index (χ1v) is 6.51. The van der Waals surface area contributed by atoms with E-state index in [9.17, 15) is 0 Å². The third-order valence-corrected chi connectivity index (χ3v) is 2.64. The van der Waals surface area contributed by atoms with Crippen LogP contribution >= 0.6 is 15.9 Å². The van der Waals surface area contributed by atoms with Gasteiger partial charge in [0.15, 0.2) is 11.5 Å². The van der Waals surface area contributed by atoms with E-state index in [0.717, 1.165) is 17.3 Å². The summed E-state index contributed by atoms with van der Waals surface area (Å²) in [7, 11) is 0. The van der Waals surface area contributed by atoms with Crippen molar-refractivity contribution in [2.45, 2.75) is 26.7 Å². The van der Waals surface area contributed by atoms with Crippen LogP contribution in [0.3, 0.4) is 0 Å². The van der Waals surface area contributed by atoms with Crippen molar-refractivity contribution >= 4 is 15.9 Å². The molecule has 0 N–H and O–H groups in total. The van der Waals surface area contributed by atoms with Gasteiger partial charge in [-0.05, 0) is 25.5 Å². The van der Waals surface area contributed by atoms with Crippen molar-refractivity contribution in [2.24, 2.45) is 0 Å². The van der Waals surface area contributed by atoms with Gasteiger partial charge in [-0.1, -0.05) is 29.3 Å². The van der Waals surface area contributed by atoms with Crippen molar-refractivity contribution in [1.82, 2.24) is 0 Å². The molecule has 0 radical (unpaired) electrons. The lowest BCUT2D eigenvalue weighted by Gasteiger charge is -2.13. The first kappa shape index (κ1) is 13.9. The van der Waals surface area contributed by atoms with Crippen molar-refractivity contribution in [2.75, 3.05) is 13.2 Å². The van der Waals surface area contributed by atoms with Crippen molar-refractivity contribution in [3.05, 3.63) is 22.2 Å². The molecule has 0 aromatic heterocycles. The largest absolute Gasteiger partial charge is 0.490 e. The quantitative estimate of drug-likeness (QED) is 0.748. The van der Waals surface area contributed by atoms with Crippen molar-refractivity contribution < 1.29 is 9.47 Å². The molecule has 0 fully saturated rings. The molecule has 0 atom stereocenters. The molecule has 1 aromatic carbocycles. The number of unbranched alkanes of at least 4 members (excludes halogenated alkanes) is 1. The molecule has 0 amide bonds. The summed E-state index contributed by atoms with van der Waals surface area (Å²) in [4.78, 5) is 0. The summed E-state index contributed by atoms with van der Waals surface area (Å²) in [6, 6.07) is 5.69. The highest BCUT2D eigenvalue weighted by molar-refractivity contribution is 9.10. The van der Waals surface area contributed by atoms with Gasteiger partial charge in [0, 0.05) is 4.47 Å². The molecule has 1 rings (SSSR count). The molecule has 0 saturated heterocycles. The summed E-state index contributed by atoms with van der Waals surface area (Å²) >= 11 is 3.35. The number of hydrogen-bond acceptors (Lipinski definition) is 3. The number of ether oxygens (including phenoxy) is 2. The second kappa shape index (κ2) is 7.18. The fraction of sp³-hybridized carbons (Fsp3) is 0.462. The summed E-state index contributed by atoms with van der Waals surface area (Å²) in [6.45, 7) is 5.15. The van der Waals surface area contributed by atoms with Gasteiger partial charge in [-0.15, -0.1) is 0 Å². The summed E-state index contributed by atoms with van der Waals surface area (Å²) in [5.74, 6) is 1.17. The standard InChI is InChI=1S/C13H16BrNO2/c1-3-5-6-17-13-10(9-15)7-11(14)8-12(13)16-4-2/h7-8H,3-6H2,1-2H3. The van der Waals surface area contributed by atoms with Crippen molar-refractivity contribution in [3.63, 3.8) is 0 Å². The number of rotatable bonds is 6. The van der Waals surface area contributed by atoms with Gasteiger partial charge in [0.2, 0.25) is 0 Å². The topological polar surface area (TPSA) is 42.2 Å². The van der Waals surface area contributed by atoms with Crippen LogP contribution in [-0.2, 0) is 0 Å². The molecule has 0 spiro atoms. The van der Waals surface area contributed by atoms with E-state index in [1.54, 1.807) is 6.07 Å². The van der Waals surface area contributed by atoms with Crippen LogP contribution in [0.1, 0.15) is 32.3 Å². The minimum Gasteiger partial charge on any atom is -0.490 e. The molecule has 0 aliphatic heterocycles. The van der Waals surface area contributed by atoms with Crippen LogP contribution in [0.2, 0.25) is 0 Å². The van der Waals surface area contributed by atoms with Crippen molar-refractivity contribution in [3.8, 4) is 17.6 Å². The van der Waals surface area contributed by atoms with E-state index in [1.165, 1.54) is 0 Å². The van der Waals surface area contributed by atoms with Gasteiger partial charge in [0.05, 0.1) is 18.8 Å². The Morgan fingerprint density at radius 1 is 1.29 bits per heavy atom. The first-order valence-electron chi connectivity index (χ1n) is 5.72. The lowest BCUT2D eigenvalue weighted by atomic mass is 10.2. The van der Waals surface area contributed by atoms with Gasteiger partial charge < -0.3 is 9.47 Å². The molecular formula is C13H16BrNO2. The lowest BCUT2D eigenvalue weighted by Crippen LogP contribution is -2.02. The fourth-order valence-electron chi connectivity index (χ4n) is 1.38. The molecular weight excluding hydrogens is 282 g/mol. The van der Waals surface area contributed by atoms with Crippen LogP contribution in [-0.4, -0.2) is 13.2 Å². The molecule has 92 valence electrons. The molecule has 0 aliphatic carbocycles. The van der Waals surface area contributed by atoms with Gasteiger partial charge >= 0.3 is 0 Å². The predicted molar refractivity (Wildman–Crippen MR) is 70.4 cm³/mol. The average molecular weight is 298 g/mol. The Bertz CT molecular complexity index is 413. The van der Waals surface area contributed by atoms with E-state index < -0.39 is 0 Å². The highest BCUT2D eigenvalue weighted by Gasteiger charge is 2.12. The van der Waals surface area contributed by atoms with Crippen molar-refractivity contribution in [1.29, 1.82) is 5.26 Å². The number of hydrogen-bond donors (Lipinski definition) is 0. The van der Waals surface area contributed by atoms with Gasteiger partial charge in [0.25, 0.3) is 0 Å². The first-order chi connectivity index (χ1) is 8.22.